The molecule has 1 aliphatic carbocycles. The molecule has 4 amide bonds. The van der Waals surface area contributed by atoms with E-state index in [1.54, 1.807) is 46.2 Å². The maximum absolute atomic E-state index is 15.9. The molecule has 4 aliphatic heterocycles. The van der Waals surface area contributed by atoms with Gasteiger partial charge in [0.15, 0.2) is 0 Å². The van der Waals surface area contributed by atoms with E-state index in [0.717, 1.165) is 97.1 Å². The quantitative estimate of drug-likeness (QED) is 0.182. The molecule has 4 aromatic rings. The number of piperidine rings is 2. The van der Waals surface area contributed by atoms with Crippen LogP contribution in [-0.2, 0) is 16.0 Å². The average Bonchev–Trinajstić information content (AvgIpc) is 3.38. The van der Waals surface area contributed by atoms with Gasteiger partial charge in [0.2, 0.25) is 11.8 Å². The molecule has 5 fully saturated rings. The SMILES string of the molecule is O=C(N[C@@H](C(=O)N1CCN(CC2CCN(CC(=O)N3CCN(C(=O)c4cc(Cc5n[nH]c(=O)c6ccccc56)ccc4F)CC3)CC2)CC1)C1CCCCC1)c1cccc(C2CCCNC2)c1F. The largest absolute Gasteiger partial charge is 0.340 e. The number of hydrogen-bond donors (Lipinski definition) is 3. The number of nitrogens with one attached hydrogen (secondary N) is 3. The molecule has 1 aromatic heterocycles. The topological polar surface area (TPSA) is 154 Å². The number of piperazine rings is 2. The second kappa shape index (κ2) is 21.8. The highest BCUT2D eigenvalue weighted by molar-refractivity contribution is 5.98. The molecule has 0 bridgehead atoms. The summed E-state index contributed by atoms with van der Waals surface area (Å²) in [6.45, 7) is 8.53. The first-order chi connectivity index (χ1) is 33.1. The lowest BCUT2D eigenvalue weighted by Crippen LogP contribution is -2.57. The van der Waals surface area contributed by atoms with E-state index in [0.29, 0.717) is 92.3 Å². The third-order valence-electron chi connectivity index (χ3n) is 15.3. The van der Waals surface area contributed by atoms with Crippen molar-refractivity contribution in [3.63, 3.8) is 0 Å². The van der Waals surface area contributed by atoms with Crippen LogP contribution in [0.3, 0.4) is 0 Å². The molecule has 2 atom stereocenters. The number of H-pyrrole nitrogens is 1. The van der Waals surface area contributed by atoms with Gasteiger partial charge in [-0.1, -0.05) is 55.7 Å². The van der Waals surface area contributed by atoms with Crippen molar-refractivity contribution in [3.8, 4) is 0 Å². The Morgan fingerprint density at radius 1 is 0.721 bits per heavy atom. The molecule has 362 valence electrons. The van der Waals surface area contributed by atoms with Crippen LogP contribution in [0.1, 0.15) is 101 Å². The van der Waals surface area contributed by atoms with Gasteiger partial charge in [0.1, 0.15) is 17.7 Å². The summed E-state index contributed by atoms with van der Waals surface area (Å²) < 4.78 is 31.0. The smallest absolute Gasteiger partial charge is 0.272 e. The Labute approximate surface area is 396 Å². The van der Waals surface area contributed by atoms with Crippen LogP contribution in [0.5, 0.6) is 0 Å². The number of carbonyl (C=O) groups excluding carboxylic acids is 4. The molecule has 0 radical (unpaired) electrons. The first-order valence-corrected chi connectivity index (χ1v) is 24.9. The second-order valence-corrected chi connectivity index (χ2v) is 19.7. The first kappa shape index (κ1) is 47.5. The van der Waals surface area contributed by atoms with Gasteiger partial charge >= 0.3 is 0 Å². The summed E-state index contributed by atoms with van der Waals surface area (Å²) in [5.74, 6) is -1.51. The van der Waals surface area contributed by atoms with Crippen molar-refractivity contribution < 1.29 is 28.0 Å². The lowest BCUT2D eigenvalue weighted by Gasteiger charge is -2.41. The van der Waals surface area contributed by atoms with Crippen molar-refractivity contribution in [3.05, 3.63) is 111 Å². The number of aromatic amines is 1. The molecular formula is C52H65F2N9O5. The number of likely N-dealkylation sites (tertiary alicyclic amines) is 1. The van der Waals surface area contributed by atoms with Crippen LogP contribution >= 0.6 is 0 Å². The van der Waals surface area contributed by atoms with Crippen molar-refractivity contribution in [1.82, 2.24) is 45.3 Å². The fraction of sp³-hybridized carbons (Fsp3) is 0.538. The van der Waals surface area contributed by atoms with Crippen LogP contribution < -0.4 is 16.2 Å². The molecular weight excluding hydrogens is 869 g/mol. The number of nitrogens with zero attached hydrogens (tertiary/aromatic N) is 6. The number of rotatable bonds is 12. The maximum Gasteiger partial charge on any atom is 0.272 e. The lowest BCUT2D eigenvalue weighted by atomic mass is 9.83. The number of halogens is 2. The summed E-state index contributed by atoms with van der Waals surface area (Å²) in [4.78, 5) is 77.2. The van der Waals surface area contributed by atoms with Gasteiger partial charge in [-0.15, -0.1) is 0 Å². The fourth-order valence-corrected chi connectivity index (χ4v) is 11.2. The minimum Gasteiger partial charge on any atom is -0.340 e. The van der Waals surface area contributed by atoms with Gasteiger partial charge in [0.05, 0.1) is 28.8 Å². The van der Waals surface area contributed by atoms with Crippen molar-refractivity contribution in [1.29, 1.82) is 0 Å². The fourth-order valence-electron chi connectivity index (χ4n) is 11.2. The first-order valence-electron chi connectivity index (χ1n) is 24.9. The predicted molar refractivity (Wildman–Crippen MR) is 255 cm³/mol. The monoisotopic (exact) mass is 934 g/mol. The van der Waals surface area contributed by atoms with Crippen LogP contribution in [0.2, 0.25) is 0 Å². The van der Waals surface area contributed by atoms with E-state index < -0.39 is 29.5 Å². The van der Waals surface area contributed by atoms with Crippen LogP contribution in [0.4, 0.5) is 8.78 Å². The Kier molecular flexibility index (Phi) is 15.2. The Hall–Kier alpha value is -5.58. The Bertz CT molecular complexity index is 2500. The molecule has 5 heterocycles. The van der Waals surface area contributed by atoms with Crippen LogP contribution in [0.25, 0.3) is 10.8 Å². The molecule has 3 aromatic carbocycles. The molecule has 5 aliphatic rings. The van der Waals surface area contributed by atoms with Crippen molar-refractivity contribution in [2.45, 2.75) is 76.2 Å². The summed E-state index contributed by atoms with van der Waals surface area (Å²) in [7, 11) is 0. The van der Waals surface area contributed by atoms with Crippen molar-refractivity contribution in [2.24, 2.45) is 11.8 Å². The predicted octanol–water partition coefficient (Wildman–Crippen LogP) is 4.78. The molecule has 68 heavy (non-hydrogen) atoms. The summed E-state index contributed by atoms with van der Waals surface area (Å²) in [5, 5.41) is 14.4. The van der Waals surface area contributed by atoms with E-state index in [1.165, 1.54) is 12.1 Å². The van der Waals surface area contributed by atoms with Crippen molar-refractivity contribution >= 4 is 34.4 Å². The molecule has 14 nitrogen and oxygen atoms in total. The standard InChI is InChI=1S/C52H65F2N9O5/c53-44-16-15-36(31-45-40-11-4-5-12-41(40)50(66)58-57-45)30-43(44)51(67)62-28-26-61(27-29-62)46(64)34-59-20-17-35(18-21-59)33-60-22-24-63(25-23-60)52(68)48(37-8-2-1-3-9-37)56-49(65)42-14-6-13-39(47(42)54)38-10-7-19-55-32-38/h4-6,11-16,30,35,37-38,48,55H,1-3,7-10,17-29,31-34H2,(H,56,65)(H,58,66)/t38?,48-/m1/s1. The molecule has 16 heteroatoms. The van der Waals surface area contributed by atoms with E-state index in [1.807, 2.05) is 17.0 Å². The number of amides is 4. The molecule has 4 saturated heterocycles. The number of fused-ring (bicyclic) bond motifs is 1. The van der Waals surface area contributed by atoms with E-state index in [2.05, 4.69) is 30.6 Å². The lowest BCUT2D eigenvalue weighted by molar-refractivity contribution is -0.137. The highest BCUT2D eigenvalue weighted by Crippen LogP contribution is 2.31. The molecule has 3 N–H and O–H groups in total. The average molecular weight is 934 g/mol. The second-order valence-electron chi connectivity index (χ2n) is 19.7. The zero-order chi connectivity index (χ0) is 47.1. The number of hydrogen-bond acceptors (Lipinski definition) is 9. The summed E-state index contributed by atoms with van der Waals surface area (Å²) in [6, 6.07) is 16.0. The van der Waals surface area contributed by atoms with E-state index >= 15 is 8.78 Å². The Balaban J connectivity index is 0.710. The molecule has 9 rings (SSSR count). The maximum atomic E-state index is 15.9. The molecule has 1 unspecified atom stereocenters. The molecule has 1 saturated carbocycles. The third kappa shape index (κ3) is 11.0. The summed E-state index contributed by atoms with van der Waals surface area (Å²) >= 11 is 0. The highest BCUT2D eigenvalue weighted by atomic mass is 19.1. The van der Waals surface area contributed by atoms with Gasteiger partial charge in [0.25, 0.3) is 17.4 Å². The zero-order valence-corrected chi connectivity index (χ0v) is 39.0. The number of carbonyl (C=O) groups is 4. The van der Waals surface area contributed by atoms with Gasteiger partial charge in [0, 0.05) is 77.3 Å². The van der Waals surface area contributed by atoms with Crippen LogP contribution in [0.15, 0.2) is 65.5 Å². The van der Waals surface area contributed by atoms with Gasteiger partial charge in [-0.25, -0.2) is 13.9 Å². The molecule has 0 spiro atoms. The minimum absolute atomic E-state index is 0.0143. The van der Waals surface area contributed by atoms with Gasteiger partial charge in [-0.3, -0.25) is 33.8 Å². The highest BCUT2D eigenvalue weighted by Gasteiger charge is 2.37. The van der Waals surface area contributed by atoms with Gasteiger partial charge < -0.3 is 25.3 Å². The van der Waals surface area contributed by atoms with Gasteiger partial charge in [-0.2, -0.15) is 5.10 Å². The number of benzene rings is 3. The normalized spacial score (nSPS) is 20.9. The van der Waals surface area contributed by atoms with Crippen molar-refractivity contribution in [2.75, 3.05) is 91.6 Å². The summed E-state index contributed by atoms with van der Waals surface area (Å²) in [6.07, 6.45) is 8.98. The van der Waals surface area contributed by atoms with Crippen LogP contribution in [0, 0.1) is 23.5 Å². The third-order valence-corrected chi connectivity index (χ3v) is 15.3. The Morgan fingerprint density at radius 3 is 2.18 bits per heavy atom. The van der Waals surface area contributed by atoms with E-state index in [4.69, 9.17) is 0 Å². The minimum atomic E-state index is -0.679. The van der Waals surface area contributed by atoms with Crippen LogP contribution in [-0.4, -0.2) is 156 Å². The number of aromatic nitrogens is 2. The zero-order valence-electron chi connectivity index (χ0n) is 39.0. The summed E-state index contributed by atoms with van der Waals surface area (Å²) in [5.41, 5.74) is 1.58. The van der Waals surface area contributed by atoms with E-state index in [9.17, 15) is 24.0 Å². The van der Waals surface area contributed by atoms with E-state index in [-0.39, 0.29) is 40.3 Å². The Morgan fingerprint density at radius 2 is 1.44 bits per heavy atom. The van der Waals surface area contributed by atoms with Gasteiger partial charge in [-0.05, 0) is 111 Å².